The number of imide groups is 1. The van der Waals surface area contributed by atoms with Crippen LogP contribution in [0.4, 0.5) is 9.18 Å². The van der Waals surface area contributed by atoms with Crippen molar-refractivity contribution in [2.45, 2.75) is 31.7 Å². The molecule has 4 amide bonds. The normalized spacial score (nSPS) is 16.8. The fraction of sp³-hybridized carbons (Fsp3) is 0.350. The maximum atomic E-state index is 13.2. The molecule has 1 fully saturated rings. The summed E-state index contributed by atoms with van der Waals surface area (Å²) >= 11 is 0. The number of urea groups is 1. The molecule has 1 aromatic heterocycles. The van der Waals surface area contributed by atoms with Crippen LogP contribution in [0.15, 0.2) is 47.1 Å². The van der Waals surface area contributed by atoms with Gasteiger partial charge in [0.25, 0.3) is 5.91 Å². The van der Waals surface area contributed by atoms with Gasteiger partial charge < -0.3 is 14.6 Å². The van der Waals surface area contributed by atoms with Crippen molar-refractivity contribution in [1.82, 2.24) is 15.5 Å². The van der Waals surface area contributed by atoms with E-state index < -0.39 is 17.5 Å². The molecule has 8 heteroatoms. The van der Waals surface area contributed by atoms with E-state index in [1.165, 1.54) is 17.0 Å². The van der Waals surface area contributed by atoms with Crippen LogP contribution < -0.4 is 10.6 Å². The zero-order valence-corrected chi connectivity index (χ0v) is 15.7. The maximum absolute atomic E-state index is 13.2. The lowest BCUT2D eigenvalue weighted by Gasteiger charge is -2.27. The number of nitrogens with zero attached hydrogens (tertiary/aromatic N) is 1. The number of carbonyl (C=O) groups excluding carboxylic acids is 3. The van der Waals surface area contributed by atoms with E-state index in [0.29, 0.717) is 18.7 Å². The second kappa shape index (κ2) is 7.84. The van der Waals surface area contributed by atoms with Gasteiger partial charge in [0.2, 0.25) is 5.91 Å². The van der Waals surface area contributed by atoms with E-state index in [1.807, 2.05) is 6.07 Å². The van der Waals surface area contributed by atoms with Crippen molar-refractivity contribution in [3.63, 3.8) is 0 Å². The number of hydrogen-bond acceptors (Lipinski definition) is 4. The Hall–Kier alpha value is -3.16. The number of nitrogens with one attached hydrogen (secondary N) is 2. The molecule has 0 radical (unpaired) electrons. The molecular weight excluding hydrogens is 365 g/mol. The lowest BCUT2D eigenvalue weighted by atomic mass is 9.93. The van der Waals surface area contributed by atoms with Gasteiger partial charge in [-0.3, -0.25) is 14.9 Å². The molecule has 2 N–H and O–H groups in total. The molecule has 148 valence electrons. The summed E-state index contributed by atoms with van der Waals surface area (Å²) in [6.07, 6.45) is 2.09. The molecule has 7 nitrogen and oxygen atoms in total. The second-order valence-electron chi connectivity index (χ2n) is 7.16. The largest absolute Gasteiger partial charge is 0.469 e. The van der Waals surface area contributed by atoms with Crippen LogP contribution >= 0.6 is 0 Å². The molecule has 1 saturated heterocycles. The summed E-state index contributed by atoms with van der Waals surface area (Å²) in [5.74, 6) is -0.554. The molecule has 2 heterocycles. The Morgan fingerprint density at radius 2 is 1.96 bits per heavy atom. The fourth-order valence-electron chi connectivity index (χ4n) is 3.18. The molecule has 1 aromatic carbocycles. The highest BCUT2D eigenvalue weighted by molar-refractivity contribution is 6.07. The predicted molar refractivity (Wildman–Crippen MR) is 98.9 cm³/mol. The van der Waals surface area contributed by atoms with Crippen LogP contribution in [0, 0.1) is 5.82 Å². The predicted octanol–water partition coefficient (Wildman–Crippen LogP) is 2.39. The molecule has 0 bridgehead atoms. The first-order valence-electron chi connectivity index (χ1n) is 8.97. The number of furan rings is 1. The molecule has 2 aromatic rings. The van der Waals surface area contributed by atoms with Gasteiger partial charge in [-0.15, -0.1) is 0 Å². The van der Waals surface area contributed by atoms with Gasteiger partial charge >= 0.3 is 6.03 Å². The summed E-state index contributed by atoms with van der Waals surface area (Å²) < 4.78 is 18.7. The molecule has 0 spiro atoms. The number of benzene rings is 1. The lowest BCUT2D eigenvalue weighted by molar-refractivity contribution is -0.127. The molecule has 1 aliphatic heterocycles. The van der Waals surface area contributed by atoms with Gasteiger partial charge in [0, 0.05) is 12.5 Å². The molecule has 3 rings (SSSR count). The van der Waals surface area contributed by atoms with Crippen molar-refractivity contribution in [1.29, 1.82) is 0 Å². The van der Waals surface area contributed by atoms with E-state index in [2.05, 4.69) is 10.6 Å². The standard InChI is InChI=1S/C20H22FN3O4/c1-20(2)18(26)23-19(27)24(20)12-17(25)22-10-9-15(16-4-3-11-28-16)13-5-7-14(21)8-6-13/h3-8,11,15H,9-10,12H2,1-2H3,(H,22,25)(H,23,26,27). The van der Waals surface area contributed by atoms with E-state index in [-0.39, 0.29) is 24.2 Å². The average Bonchev–Trinajstić information content (AvgIpc) is 3.23. The third-order valence-corrected chi connectivity index (χ3v) is 4.91. The zero-order valence-electron chi connectivity index (χ0n) is 15.7. The van der Waals surface area contributed by atoms with E-state index in [9.17, 15) is 18.8 Å². The summed E-state index contributed by atoms with van der Waals surface area (Å²) in [5.41, 5.74) is -0.199. The van der Waals surface area contributed by atoms with Crippen molar-refractivity contribution >= 4 is 17.8 Å². The van der Waals surface area contributed by atoms with Crippen LogP contribution in [-0.2, 0) is 9.59 Å². The van der Waals surface area contributed by atoms with Crippen molar-refractivity contribution in [3.8, 4) is 0 Å². The van der Waals surface area contributed by atoms with Crippen molar-refractivity contribution < 1.29 is 23.2 Å². The quantitative estimate of drug-likeness (QED) is 0.714. The Morgan fingerprint density at radius 1 is 1.25 bits per heavy atom. The fourth-order valence-corrected chi connectivity index (χ4v) is 3.18. The number of rotatable bonds is 7. The summed E-state index contributed by atoms with van der Waals surface area (Å²) in [6, 6.07) is 9.17. The minimum absolute atomic E-state index is 0.149. The number of halogens is 1. The van der Waals surface area contributed by atoms with Gasteiger partial charge in [-0.1, -0.05) is 12.1 Å². The van der Waals surface area contributed by atoms with Crippen LogP contribution in [0.2, 0.25) is 0 Å². The van der Waals surface area contributed by atoms with Gasteiger partial charge in [-0.2, -0.15) is 0 Å². The molecular formula is C20H22FN3O4. The first-order chi connectivity index (χ1) is 13.3. The highest BCUT2D eigenvalue weighted by Gasteiger charge is 2.46. The number of hydrogen-bond donors (Lipinski definition) is 2. The maximum Gasteiger partial charge on any atom is 0.325 e. The molecule has 1 atom stereocenters. The third-order valence-electron chi connectivity index (χ3n) is 4.91. The van der Waals surface area contributed by atoms with Crippen LogP contribution in [0.3, 0.4) is 0 Å². The average molecular weight is 387 g/mol. The number of carbonyl (C=O) groups is 3. The topological polar surface area (TPSA) is 91.7 Å². The molecule has 0 aliphatic carbocycles. The smallest absolute Gasteiger partial charge is 0.325 e. The van der Waals surface area contributed by atoms with Crippen LogP contribution in [0.1, 0.15) is 37.5 Å². The van der Waals surface area contributed by atoms with Gasteiger partial charge in [0.15, 0.2) is 0 Å². The highest BCUT2D eigenvalue weighted by atomic mass is 19.1. The Morgan fingerprint density at radius 3 is 2.54 bits per heavy atom. The van der Waals surface area contributed by atoms with Crippen LogP contribution in [0.5, 0.6) is 0 Å². The third kappa shape index (κ3) is 4.05. The van der Waals surface area contributed by atoms with E-state index >= 15 is 0 Å². The zero-order chi connectivity index (χ0) is 20.3. The van der Waals surface area contributed by atoms with Crippen molar-refractivity contribution in [2.75, 3.05) is 13.1 Å². The Balaban J connectivity index is 1.60. The summed E-state index contributed by atoms with van der Waals surface area (Å²) in [7, 11) is 0. The minimum atomic E-state index is -1.07. The molecule has 1 aliphatic rings. The van der Waals surface area contributed by atoms with Gasteiger partial charge in [0.1, 0.15) is 23.7 Å². The van der Waals surface area contributed by atoms with Crippen molar-refractivity contribution in [2.24, 2.45) is 0 Å². The van der Waals surface area contributed by atoms with E-state index in [1.54, 1.807) is 38.3 Å². The lowest BCUT2D eigenvalue weighted by Crippen LogP contribution is -2.49. The van der Waals surface area contributed by atoms with Crippen LogP contribution in [-0.4, -0.2) is 41.4 Å². The van der Waals surface area contributed by atoms with E-state index in [4.69, 9.17) is 4.42 Å². The molecule has 28 heavy (non-hydrogen) atoms. The Bertz CT molecular complexity index is 862. The van der Waals surface area contributed by atoms with E-state index in [0.717, 1.165) is 5.56 Å². The molecule has 0 saturated carbocycles. The minimum Gasteiger partial charge on any atom is -0.469 e. The first kappa shape index (κ1) is 19.6. The summed E-state index contributed by atoms with van der Waals surface area (Å²) in [5, 5.41) is 4.98. The Labute approximate surface area is 161 Å². The first-order valence-corrected chi connectivity index (χ1v) is 8.97. The summed E-state index contributed by atoms with van der Waals surface area (Å²) in [4.78, 5) is 37.1. The number of amides is 4. The Kier molecular flexibility index (Phi) is 5.48. The van der Waals surface area contributed by atoms with Gasteiger partial charge in [0.05, 0.1) is 6.26 Å². The molecule has 1 unspecified atom stereocenters. The van der Waals surface area contributed by atoms with Crippen LogP contribution in [0.25, 0.3) is 0 Å². The van der Waals surface area contributed by atoms with Gasteiger partial charge in [-0.25, -0.2) is 9.18 Å². The SMILES string of the molecule is CC1(C)C(=O)NC(=O)N1CC(=O)NCCC(c1ccc(F)cc1)c1ccco1. The monoisotopic (exact) mass is 387 g/mol. The second-order valence-corrected chi connectivity index (χ2v) is 7.16. The highest BCUT2D eigenvalue weighted by Crippen LogP contribution is 2.28. The van der Waals surface area contributed by atoms with Gasteiger partial charge in [-0.05, 0) is 50.1 Å². The van der Waals surface area contributed by atoms with Crippen molar-refractivity contribution in [3.05, 3.63) is 59.8 Å². The summed E-state index contributed by atoms with van der Waals surface area (Å²) in [6.45, 7) is 3.28.